The first kappa shape index (κ1) is 12.9. The smallest absolute Gasteiger partial charge is 0.337 e. The van der Waals surface area contributed by atoms with E-state index in [-0.39, 0.29) is 0 Å². The Morgan fingerprint density at radius 1 is 1.28 bits per heavy atom. The van der Waals surface area contributed by atoms with Crippen LogP contribution in [0.1, 0.15) is 23.2 Å². The molecular weight excluding hydrogens is 228 g/mol. The standard InChI is InChI=1S/C14H20N2O2/c1-15(2)11-7-9-16(10-8-11)13-6-4-3-5-12(13)14(17)18/h3-6,11H,7-10H2,1-2H3,(H,17,18). The van der Waals surface area contributed by atoms with Crippen LogP contribution in [0.4, 0.5) is 5.69 Å². The molecule has 1 aliphatic rings. The molecule has 1 aromatic rings. The summed E-state index contributed by atoms with van der Waals surface area (Å²) in [5.41, 5.74) is 1.25. The van der Waals surface area contributed by atoms with Crippen molar-refractivity contribution in [3.63, 3.8) is 0 Å². The minimum absolute atomic E-state index is 0.404. The van der Waals surface area contributed by atoms with Crippen molar-refractivity contribution in [3.05, 3.63) is 29.8 Å². The highest BCUT2D eigenvalue weighted by atomic mass is 16.4. The maximum Gasteiger partial charge on any atom is 0.337 e. The molecule has 0 spiro atoms. The third-order valence-electron chi connectivity index (χ3n) is 3.67. The van der Waals surface area contributed by atoms with Gasteiger partial charge >= 0.3 is 5.97 Å². The Bertz CT molecular complexity index is 424. The number of nitrogens with zero attached hydrogens (tertiary/aromatic N) is 2. The number of carbonyl (C=O) groups is 1. The molecule has 4 nitrogen and oxygen atoms in total. The van der Waals surface area contributed by atoms with E-state index in [0.717, 1.165) is 31.6 Å². The van der Waals surface area contributed by atoms with Gasteiger partial charge in [-0.1, -0.05) is 12.1 Å². The number of aromatic carboxylic acids is 1. The van der Waals surface area contributed by atoms with Crippen LogP contribution in [0.3, 0.4) is 0 Å². The molecule has 0 aromatic heterocycles. The molecule has 98 valence electrons. The Kier molecular flexibility index (Phi) is 3.87. The van der Waals surface area contributed by atoms with E-state index in [1.807, 2.05) is 12.1 Å². The van der Waals surface area contributed by atoms with Crippen LogP contribution in [0, 0.1) is 0 Å². The van der Waals surface area contributed by atoms with E-state index in [1.165, 1.54) is 0 Å². The zero-order chi connectivity index (χ0) is 13.1. The molecule has 0 unspecified atom stereocenters. The van der Waals surface area contributed by atoms with Gasteiger partial charge in [-0.3, -0.25) is 0 Å². The average Bonchev–Trinajstić information content (AvgIpc) is 2.39. The number of para-hydroxylation sites is 1. The molecule has 2 rings (SSSR count). The number of benzene rings is 1. The lowest BCUT2D eigenvalue weighted by Gasteiger charge is -2.37. The molecule has 0 saturated carbocycles. The topological polar surface area (TPSA) is 43.8 Å². The number of anilines is 1. The first-order chi connectivity index (χ1) is 8.59. The molecule has 1 N–H and O–H groups in total. The SMILES string of the molecule is CN(C)C1CCN(c2ccccc2C(=O)O)CC1. The fraction of sp³-hybridized carbons (Fsp3) is 0.500. The molecule has 18 heavy (non-hydrogen) atoms. The molecule has 0 radical (unpaired) electrons. The molecule has 1 fully saturated rings. The van der Waals surface area contributed by atoms with Crippen LogP contribution in [0.5, 0.6) is 0 Å². The maximum absolute atomic E-state index is 11.2. The normalized spacial score (nSPS) is 17.2. The summed E-state index contributed by atoms with van der Waals surface area (Å²) < 4.78 is 0. The first-order valence-electron chi connectivity index (χ1n) is 6.33. The van der Waals surface area contributed by atoms with Gasteiger partial charge in [0.2, 0.25) is 0 Å². The lowest BCUT2D eigenvalue weighted by atomic mass is 10.0. The van der Waals surface area contributed by atoms with Crippen molar-refractivity contribution in [2.24, 2.45) is 0 Å². The quantitative estimate of drug-likeness (QED) is 0.887. The molecule has 1 saturated heterocycles. The van der Waals surface area contributed by atoms with Gasteiger partial charge in [0, 0.05) is 19.1 Å². The Labute approximate surface area is 108 Å². The lowest BCUT2D eigenvalue weighted by molar-refractivity contribution is 0.0697. The van der Waals surface area contributed by atoms with Gasteiger partial charge in [0.15, 0.2) is 0 Å². The van der Waals surface area contributed by atoms with Crippen molar-refractivity contribution in [2.75, 3.05) is 32.1 Å². The van der Waals surface area contributed by atoms with Crippen molar-refractivity contribution in [2.45, 2.75) is 18.9 Å². The second-order valence-electron chi connectivity index (χ2n) is 5.00. The molecular formula is C14H20N2O2. The summed E-state index contributed by atoms with van der Waals surface area (Å²) >= 11 is 0. The van der Waals surface area contributed by atoms with Gasteiger partial charge in [-0.2, -0.15) is 0 Å². The minimum atomic E-state index is -0.847. The van der Waals surface area contributed by atoms with Crippen LogP contribution >= 0.6 is 0 Å². The number of piperidine rings is 1. The van der Waals surface area contributed by atoms with E-state index in [4.69, 9.17) is 0 Å². The van der Waals surface area contributed by atoms with Crippen molar-refractivity contribution in [1.82, 2.24) is 4.90 Å². The largest absolute Gasteiger partial charge is 0.478 e. The third-order valence-corrected chi connectivity index (χ3v) is 3.67. The monoisotopic (exact) mass is 248 g/mol. The fourth-order valence-corrected chi connectivity index (χ4v) is 2.55. The summed E-state index contributed by atoms with van der Waals surface area (Å²) in [5, 5.41) is 9.20. The van der Waals surface area contributed by atoms with Crippen molar-refractivity contribution in [1.29, 1.82) is 0 Å². The molecule has 4 heteroatoms. The molecule has 1 aromatic carbocycles. The summed E-state index contributed by atoms with van der Waals surface area (Å²) in [4.78, 5) is 15.6. The van der Waals surface area contributed by atoms with Gasteiger partial charge in [-0.05, 0) is 39.1 Å². The summed E-state index contributed by atoms with van der Waals surface area (Å²) in [5.74, 6) is -0.847. The number of carboxylic acid groups (broad SMARTS) is 1. The van der Waals surface area contributed by atoms with Gasteiger partial charge < -0.3 is 14.9 Å². The Balaban J connectivity index is 2.12. The van der Waals surface area contributed by atoms with Crippen LogP contribution in [0.25, 0.3) is 0 Å². The Hall–Kier alpha value is -1.55. The van der Waals surface area contributed by atoms with Gasteiger partial charge in [-0.25, -0.2) is 4.79 Å². The molecule has 0 atom stereocenters. The zero-order valence-corrected chi connectivity index (χ0v) is 11.0. The highest BCUT2D eigenvalue weighted by Crippen LogP contribution is 2.25. The molecule has 0 amide bonds. The Morgan fingerprint density at radius 3 is 2.44 bits per heavy atom. The van der Waals surface area contributed by atoms with Gasteiger partial charge in [0.05, 0.1) is 11.3 Å². The summed E-state index contributed by atoms with van der Waals surface area (Å²) in [7, 11) is 4.21. The van der Waals surface area contributed by atoms with Crippen molar-refractivity contribution < 1.29 is 9.90 Å². The number of carboxylic acids is 1. The van der Waals surface area contributed by atoms with Crippen LogP contribution in [-0.4, -0.2) is 49.2 Å². The summed E-state index contributed by atoms with van der Waals surface area (Å²) in [6, 6.07) is 7.87. The van der Waals surface area contributed by atoms with E-state index in [0.29, 0.717) is 11.6 Å². The second kappa shape index (κ2) is 5.40. The molecule has 0 bridgehead atoms. The average molecular weight is 248 g/mol. The minimum Gasteiger partial charge on any atom is -0.478 e. The Morgan fingerprint density at radius 2 is 1.89 bits per heavy atom. The van der Waals surface area contributed by atoms with Crippen LogP contribution in [-0.2, 0) is 0 Å². The van der Waals surface area contributed by atoms with Crippen molar-refractivity contribution >= 4 is 11.7 Å². The van der Waals surface area contributed by atoms with Gasteiger partial charge in [0.1, 0.15) is 0 Å². The van der Waals surface area contributed by atoms with Crippen molar-refractivity contribution in [3.8, 4) is 0 Å². The van der Waals surface area contributed by atoms with E-state index in [2.05, 4.69) is 23.9 Å². The summed E-state index contributed by atoms with van der Waals surface area (Å²) in [6.07, 6.45) is 2.17. The lowest BCUT2D eigenvalue weighted by Crippen LogP contribution is -2.42. The predicted octanol–water partition coefficient (Wildman–Crippen LogP) is 1.92. The first-order valence-corrected chi connectivity index (χ1v) is 6.33. The number of hydrogen-bond acceptors (Lipinski definition) is 3. The second-order valence-corrected chi connectivity index (χ2v) is 5.00. The van der Waals surface area contributed by atoms with Crippen LogP contribution < -0.4 is 4.90 Å². The van der Waals surface area contributed by atoms with Gasteiger partial charge in [0.25, 0.3) is 0 Å². The van der Waals surface area contributed by atoms with E-state index < -0.39 is 5.97 Å². The molecule has 1 aliphatic heterocycles. The van der Waals surface area contributed by atoms with E-state index in [9.17, 15) is 9.90 Å². The molecule has 1 heterocycles. The number of rotatable bonds is 3. The number of hydrogen-bond donors (Lipinski definition) is 1. The maximum atomic E-state index is 11.2. The van der Waals surface area contributed by atoms with Crippen LogP contribution in [0.2, 0.25) is 0 Å². The highest BCUT2D eigenvalue weighted by Gasteiger charge is 2.23. The fourth-order valence-electron chi connectivity index (χ4n) is 2.55. The van der Waals surface area contributed by atoms with E-state index in [1.54, 1.807) is 12.1 Å². The zero-order valence-electron chi connectivity index (χ0n) is 11.0. The van der Waals surface area contributed by atoms with Gasteiger partial charge in [-0.15, -0.1) is 0 Å². The highest BCUT2D eigenvalue weighted by molar-refractivity contribution is 5.94. The summed E-state index contributed by atoms with van der Waals surface area (Å²) in [6.45, 7) is 1.85. The molecule has 0 aliphatic carbocycles. The van der Waals surface area contributed by atoms with Crippen LogP contribution in [0.15, 0.2) is 24.3 Å². The predicted molar refractivity (Wildman–Crippen MR) is 72.3 cm³/mol. The van der Waals surface area contributed by atoms with E-state index >= 15 is 0 Å². The third kappa shape index (κ3) is 2.64.